The van der Waals surface area contributed by atoms with Gasteiger partial charge in [-0.1, -0.05) is 131 Å². The number of ether oxygens (including phenoxy) is 2. The van der Waals surface area contributed by atoms with Gasteiger partial charge < -0.3 is 40.9 Å². The number of Topliss-reactive ketones (excluding diaryl/α,β-unsaturated/α-hetero) is 1. The normalized spacial score (nSPS) is 25.8. The molecule has 0 aromatic carbocycles. The Bertz CT molecular complexity index is 2300. The molecule has 5 heterocycles. The number of hydrogen-bond donors (Lipinski definition) is 2. The second-order valence-electron chi connectivity index (χ2n) is 17.9. The minimum absolute atomic E-state index is 0. The van der Waals surface area contributed by atoms with E-state index in [1.54, 1.807) is 13.0 Å². The van der Waals surface area contributed by atoms with Crippen LogP contribution in [0, 0.1) is 43.4 Å². The van der Waals surface area contributed by atoms with Crippen LogP contribution in [-0.4, -0.2) is 65.3 Å². The summed E-state index contributed by atoms with van der Waals surface area (Å²) in [7, 11) is 1.29. The molecule has 11 heteroatoms. The van der Waals surface area contributed by atoms with Gasteiger partial charge in [-0.2, -0.15) is 5.70 Å². The van der Waals surface area contributed by atoms with Gasteiger partial charge in [-0.15, -0.1) is 27.8 Å². The molecule has 1 fully saturated rings. The Morgan fingerprint density at radius 2 is 1.75 bits per heavy atom. The van der Waals surface area contributed by atoms with Crippen molar-refractivity contribution in [1.82, 2.24) is 9.97 Å². The summed E-state index contributed by atoms with van der Waals surface area (Å²) in [4.78, 5) is 38.2. The van der Waals surface area contributed by atoms with Crippen LogP contribution >= 0.6 is 0 Å². The molecule has 1 unspecified atom stereocenters. The summed E-state index contributed by atoms with van der Waals surface area (Å²) in [6.07, 6.45) is 19.6. The number of ketones is 1. The molecule has 0 radical (unpaired) electrons. The van der Waals surface area contributed by atoms with E-state index in [-0.39, 0.29) is 47.4 Å². The predicted molar refractivity (Wildman–Crippen MR) is 247 cm³/mol. The summed E-state index contributed by atoms with van der Waals surface area (Å²) in [5.74, 6) is -1.49. The van der Waals surface area contributed by atoms with Crippen LogP contribution in [0.25, 0.3) is 34.9 Å². The van der Waals surface area contributed by atoms with Crippen molar-refractivity contribution in [2.75, 3.05) is 13.7 Å². The van der Waals surface area contributed by atoms with Crippen molar-refractivity contribution in [3.8, 4) is 0 Å². The molecule has 61 heavy (non-hydrogen) atoms. The Morgan fingerprint density at radius 1 is 1.03 bits per heavy atom. The third-order valence-electron chi connectivity index (χ3n) is 13.3. The molecule has 6 rings (SSSR count). The molecule has 0 spiro atoms. The molecule has 2 aromatic rings. The second-order valence-corrected chi connectivity index (χ2v) is 17.9. The van der Waals surface area contributed by atoms with Crippen molar-refractivity contribution in [1.29, 1.82) is 0 Å². The second kappa shape index (κ2) is 19.9. The monoisotopic (exact) mass is 839 g/mol. The number of nitrogens with two attached hydrogens (primary N) is 1. The average molecular weight is 840 g/mol. The van der Waals surface area contributed by atoms with Crippen molar-refractivity contribution in [3.63, 3.8) is 0 Å². The molecule has 1 aliphatic carbocycles. The molecule has 0 amide bonds. The van der Waals surface area contributed by atoms with E-state index >= 15 is 0 Å². The number of aliphatic hydroxyl groups is 1. The minimum atomic E-state index is -1.39. The number of rotatable bonds is 16. The van der Waals surface area contributed by atoms with Gasteiger partial charge in [0.25, 0.3) is 5.95 Å². The van der Waals surface area contributed by atoms with Crippen LogP contribution in [-0.2, 0) is 25.5 Å². The van der Waals surface area contributed by atoms with Crippen molar-refractivity contribution in [3.05, 3.63) is 113 Å². The van der Waals surface area contributed by atoms with E-state index in [9.17, 15) is 14.7 Å². The van der Waals surface area contributed by atoms with Crippen molar-refractivity contribution in [2.45, 2.75) is 125 Å². The number of hydrogen-bond acceptors (Lipinski definition) is 6. The summed E-state index contributed by atoms with van der Waals surface area (Å²) in [6.45, 7) is 23.4. The maximum Gasteiger partial charge on any atom is 2.00 e. The van der Waals surface area contributed by atoms with Crippen molar-refractivity contribution < 1.29 is 24.2 Å². The first kappa shape index (κ1) is 47.8. The third-order valence-corrected chi connectivity index (χ3v) is 13.3. The van der Waals surface area contributed by atoms with Gasteiger partial charge >= 0.3 is 29.0 Å². The number of aliphatic hydroxyl groups excluding tert-OH is 1. The van der Waals surface area contributed by atoms with Gasteiger partial charge in [0.2, 0.25) is 0 Å². The SMILES string of the molecule is C=Cc1c2[n-]c(c1C)/C=C1\[N-]C(C3=C4[N-][C@@](N)(/C=c5\[n-]/c(c(C)c5CC)=C\2)C(C)=C4C(=O)[C@@H]3C(=O)OC)[C@@H](C/C=C(\O)OC/C=C(\C)CCC[C@H](C)CCCC(C)C)[C@@H]1C.[Mg+2]. The zero-order valence-electron chi connectivity index (χ0n) is 38.2. The Morgan fingerprint density at radius 3 is 2.43 bits per heavy atom. The van der Waals surface area contributed by atoms with Crippen molar-refractivity contribution >= 4 is 59.1 Å². The first-order valence-electron chi connectivity index (χ1n) is 21.9. The Hall–Kier alpha value is -4.19. The van der Waals surface area contributed by atoms with Crippen LogP contribution in [0.15, 0.2) is 58.4 Å². The maximum atomic E-state index is 14.4. The van der Waals surface area contributed by atoms with Crippen LogP contribution < -0.4 is 26.4 Å². The zero-order chi connectivity index (χ0) is 43.6. The Balaban J connectivity index is 0.00000704. The molecule has 8 bridgehead atoms. The van der Waals surface area contributed by atoms with Gasteiger partial charge in [0, 0.05) is 5.57 Å². The number of carbonyl (C=O) groups excluding carboxylic acids is 2. The number of nitrogens with zero attached hydrogens (tertiary/aromatic N) is 4. The molecule has 1 saturated heterocycles. The smallest absolute Gasteiger partial charge is 0.681 e. The molecule has 3 aliphatic heterocycles. The zero-order valence-corrected chi connectivity index (χ0v) is 39.6. The number of esters is 1. The van der Waals surface area contributed by atoms with Crippen LogP contribution in [0.4, 0.5) is 0 Å². The first-order chi connectivity index (χ1) is 28.5. The van der Waals surface area contributed by atoms with Crippen LogP contribution in [0.3, 0.4) is 0 Å². The molecular weight excluding hydrogens is 775 g/mol. The molecule has 3 N–H and O–H groups in total. The van der Waals surface area contributed by atoms with E-state index in [0.29, 0.717) is 40.6 Å². The van der Waals surface area contributed by atoms with Gasteiger partial charge in [0.05, 0.1) is 7.11 Å². The number of methoxy groups -OCH3 is 1. The third kappa shape index (κ3) is 9.74. The number of carbonyl (C=O) groups is 2. The fourth-order valence-corrected chi connectivity index (χ4v) is 9.45. The summed E-state index contributed by atoms with van der Waals surface area (Å²) in [6, 6.07) is -0.671. The number of allylic oxidation sites excluding steroid dienone is 4. The van der Waals surface area contributed by atoms with Gasteiger partial charge in [0.15, 0.2) is 5.78 Å². The summed E-state index contributed by atoms with van der Waals surface area (Å²) < 4.78 is 11.1. The largest absolute Gasteiger partial charge is 2.00 e. The summed E-state index contributed by atoms with van der Waals surface area (Å²) in [5.41, 5.74) is 14.9. The van der Waals surface area contributed by atoms with Gasteiger partial charge in [0.1, 0.15) is 12.5 Å². The minimum Gasteiger partial charge on any atom is -0.681 e. The van der Waals surface area contributed by atoms with E-state index in [2.05, 4.69) is 48.1 Å². The number of fused-ring (bicyclic) bond motifs is 8. The molecule has 6 atom stereocenters. The van der Waals surface area contributed by atoms with E-state index < -0.39 is 29.4 Å². The molecule has 324 valence electrons. The molecule has 2 aromatic heterocycles. The van der Waals surface area contributed by atoms with E-state index in [4.69, 9.17) is 35.8 Å². The van der Waals surface area contributed by atoms with E-state index in [0.717, 1.165) is 69.4 Å². The van der Waals surface area contributed by atoms with Gasteiger partial charge in [-0.05, 0) is 100 Å². The van der Waals surface area contributed by atoms with Crippen LogP contribution in [0.5, 0.6) is 0 Å². The van der Waals surface area contributed by atoms with Crippen molar-refractivity contribution in [2.24, 2.45) is 35.3 Å². The van der Waals surface area contributed by atoms with E-state index in [1.807, 2.05) is 44.2 Å². The standard InChI is InChI=1S/C50H65N5O5.Mg/c1-12-34-30(7)37-24-39-32(9)36(20-21-42(56)60-23-22-29(6)19-15-18-28(5)17-14-16-27(3)4)46(54-39)44-45(49(58)59-11)48(57)43-33(10)50(51,55-47(43)44)26-41-35(13-2)31(8)38(53-41)25-40(34)52-37;/h12,21-22,24-28,32,36,45-46,56H,1,13-20,23,51H2,2-11H3;/q-4;+2/b29-22+,38-25-,39-24-,41-26-,42-21+;/t28-,32+,36+,45-,46?,50+;/m1./s1. The molecule has 4 aliphatic rings. The quantitative estimate of drug-likeness (QED) is 0.0562. The topological polar surface area (TPSA) is 155 Å². The summed E-state index contributed by atoms with van der Waals surface area (Å²) in [5, 5.41) is 22.9. The predicted octanol–water partition coefficient (Wildman–Crippen LogP) is 8.38. The Labute approximate surface area is 379 Å². The fourth-order valence-electron chi connectivity index (χ4n) is 9.45. The van der Waals surface area contributed by atoms with E-state index in [1.165, 1.54) is 38.4 Å². The van der Waals surface area contributed by atoms with Gasteiger partial charge in [-0.25, -0.2) is 0 Å². The number of aromatic nitrogens is 2. The summed E-state index contributed by atoms with van der Waals surface area (Å²) >= 11 is 0. The molecular formula is C50H65MgN5O5-2. The Kier molecular flexibility index (Phi) is 15.6. The maximum absolute atomic E-state index is 14.4. The van der Waals surface area contributed by atoms with Gasteiger partial charge in [-0.3, -0.25) is 9.59 Å². The fraction of sp³-hybridized carbons (Fsp3) is 0.520. The average Bonchev–Trinajstić information content (AvgIpc) is 3.92. The van der Waals surface area contributed by atoms with Crippen LogP contribution in [0.2, 0.25) is 0 Å². The molecule has 10 nitrogen and oxygen atoms in total. The molecule has 0 saturated carbocycles. The first-order valence-corrected chi connectivity index (χ1v) is 21.9. The van der Waals surface area contributed by atoms with Crippen LogP contribution in [0.1, 0.15) is 127 Å².